The monoisotopic (exact) mass is 1780 g/mol. The largest absolute Gasteiger partial charge is 0.508 e. The fraction of sp³-hybridized carbons (Fsp3) is 0.444. The summed E-state index contributed by atoms with van der Waals surface area (Å²) in [6.45, 7) is 16.7. The summed E-state index contributed by atoms with van der Waals surface area (Å²) in [7, 11) is 9.36. The number of ether oxygens (including phenoxy) is 10. The maximum absolute atomic E-state index is 13.0. The smallest absolute Gasteiger partial charge is 0.143 e. The molecule has 11 rings (SSSR count). The van der Waals surface area contributed by atoms with Crippen molar-refractivity contribution < 1.29 is 98.4 Å². The number of benzene rings is 10. The summed E-state index contributed by atoms with van der Waals surface area (Å²) in [5.41, 5.74) is 11.8. The predicted molar refractivity (Wildman–Crippen MR) is 515 cm³/mol. The van der Waals surface area contributed by atoms with Gasteiger partial charge in [0, 0.05) is 69.5 Å². The molecule has 10 aromatic carbocycles. The van der Waals surface area contributed by atoms with Crippen LogP contribution in [0.5, 0.6) is 69.0 Å². The predicted octanol–water partition coefficient (Wildman–Crippen LogP) is 22.7. The van der Waals surface area contributed by atoms with Crippen LogP contribution in [0.2, 0.25) is 0 Å². The van der Waals surface area contributed by atoms with Crippen molar-refractivity contribution in [2.24, 2.45) is 23.7 Å². The van der Waals surface area contributed by atoms with Gasteiger partial charge in [-0.1, -0.05) is 181 Å². The maximum atomic E-state index is 13.0. The van der Waals surface area contributed by atoms with Gasteiger partial charge in [0.05, 0.1) is 155 Å². The number of unbranched alkanes of at least 4 members (excludes halogenated alkanes) is 4. The number of hydrogen-bond donors (Lipinski definition) is 10. The molecule has 700 valence electrons. The molecule has 0 saturated heterocycles. The van der Waals surface area contributed by atoms with E-state index in [0.29, 0.717) is 196 Å². The average Bonchev–Trinajstić information content (AvgIpc) is 0.729. The quantitative estimate of drug-likeness (QED) is 0.0169. The van der Waals surface area contributed by atoms with Crippen LogP contribution in [0.4, 0.5) is 34.1 Å². The molecule has 0 aliphatic heterocycles. The van der Waals surface area contributed by atoms with Crippen molar-refractivity contribution in [2.45, 2.75) is 222 Å². The number of phenolic OH excluding ortho intramolecular Hbond substituents is 2. The number of nitrogens with zero attached hydrogens (tertiary/aromatic N) is 2. The highest BCUT2D eigenvalue weighted by Gasteiger charge is 2.52. The molecule has 10 aromatic rings. The number of anilines is 6. The Morgan fingerprint density at radius 2 is 0.562 bits per heavy atom. The summed E-state index contributed by atoms with van der Waals surface area (Å²) >= 11 is 0. The second kappa shape index (κ2) is 48.3. The number of rotatable bonds is 52. The second-order valence-corrected chi connectivity index (χ2v) is 34.2. The van der Waals surface area contributed by atoms with Crippen LogP contribution in [0.3, 0.4) is 0 Å². The molecule has 0 aromatic heterocycles. The van der Waals surface area contributed by atoms with Crippen molar-refractivity contribution in [2.75, 3.05) is 78.9 Å². The molecule has 0 heterocycles. The molecule has 6 atom stereocenters. The van der Waals surface area contributed by atoms with Gasteiger partial charge in [-0.25, -0.2) is 0 Å². The Morgan fingerprint density at radius 3 is 0.792 bits per heavy atom. The van der Waals surface area contributed by atoms with Crippen LogP contribution in [-0.4, -0.2) is 132 Å². The molecule has 0 amide bonds. The summed E-state index contributed by atoms with van der Waals surface area (Å²) in [5, 5.41) is 117. The van der Waals surface area contributed by atoms with E-state index in [1.54, 1.807) is 115 Å². The topological polar surface area (TPSA) is 301 Å². The zero-order valence-electron chi connectivity index (χ0n) is 78.5. The van der Waals surface area contributed by atoms with Gasteiger partial charge in [0.25, 0.3) is 0 Å². The van der Waals surface area contributed by atoms with Crippen molar-refractivity contribution in [3.8, 4) is 114 Å². The number of aromatic hydroxyl groups is 2. The highest BCUT2D eigenvalue weighted by Crippen LogP contribution is 2.57. The molecule has 1 aliphatic rings. The third-order valence-electron chi connectivity index (χ3n) is 26.0. The number of phenols is 2. The van der Waals surface area contributed by atoms with Crippen molar-refractivity contribution in [1.82, 2.24) is 0 Å². The van der Waals surface area contributed by atoms with Gasteiger partial charge in [0.2, 0.25) is 0 Å². The Kier molecular flexibility index (Phi) is 37.0. The highest BCUT2D eigenvalue weighted by atomic mass is 16.5. The number of methoxy groups -OCH3 is 6. The number of aliphatic hydroxyl groups is 8. The van der Waals surface area contributed by atoms with Crippen LogP contribution in [0.15, 0.2) is 158 Å². The third-order valence-corrected chi connectivity index (χ3v) is 26.0. The first-order valence-corrected chi connectivity index (χ1v) is 46.5. The third kappa shape index (κ3) is 22.8. The Balaban J connectivity index is 1.08. The molecular weight excluding hydrogens is 1650 g/mol. The molecule has 0 bridgehead atoms. The molecule has 1 saturated carbocycles. The van der Waals surface area contributed by atoms with Crippen molar-refractivity contribution in [1.29, 1.82) is 0 Å². The molecule has 22 heteroatoms. The summed E-state index contributed by atoms with van der Waals surface area (Å²) in [4.78, 5) is 3.92. The highest BCUT2D eigenvalue weighted by molar-refractivity contribution is 5.92. The minimum atomic E-state index is -1.37. The van der Waals surface area contributed by atoms with Crippen molar-refractivity contribution in [3.63, 3.8) is 0 Å². The first-order chi connectivity index (χ1) is 63.2. The lowest BCUT2D eigenvalue weighted by Gasteiger charge is -2.47. The van der Waals surface area contributed by atoms with Gasteiger partial charge < -0.3 is 108 Å². The SMILES string of the molecule is CCCCC(CC)COc1cc(-c2c(CO)cc(CO)cc2OC)ccc1N(c1ccc(C2C(O)C(c3ccc(N(c4ccc(-c5c(CO)cc(OC)cc5OC)cc4OCC(CC)CCCC)c4ccc(-c5c(CO)cc(OC)cc5OC)cc4OCC(CC)CCCC)cc3O)C2O)c(O)c1)c1ccc(-c2c(CO)cc(CO)cc2OC)cc1OCC(CC)CCCC. The summed E-state index contributed by atoms with van der Waals surface area (Å²) in [6.07, 6.45) is 12.3. The van der Waals surface area contributed by atoms with E-state index in [9.17, 15) is 51.1 Å². The molecular formula is C108H138N2O20. The van der Waals surface area contributed by atoms with Crippen LogP contribution in [0.1, 0.15) is 214 Å². The normalized spacial score (nSPS) is 15.1. The lowest BCUT2D eigenvalue weighted by atomic mass is 9.63. The van der Waals surface area contributed by atoms with E-state index in [1.165, 1.54) is 0 Å². The Labute approximate surface area is 768 Å². The fourth-order valence-corrected chi connectivity index (χ4v) is 18.1. The molecule has 130 heavy (non-hydrogen) atoms. The van der Waals surface area contributed by atoms with Gasteiger partial charge in [-0.15, -0.1) is 0 Å². The molecule has 10 N–H and O–H groups in total. The van der Waals surface area contributed by atoms with Crippen LogP contribution in [0, 0.1) is 23.7 Å². The zero-order chi connectivity index (χ0) is 93.2. The fourth-order valence-electron chi connectivity index (χ4n) is 18.1. The van der Waals surface area contributed by atoms with E-state index in [-0.39, 0.29) is 85.9 Å². The van der Waals surface area contributed by atoms with E-state index in [1.807, 2.05) is 94.7 Å². The average molecular weight is 1780 g/mol. The van der Waals surface area contributed by atoms with Crippen molar-refractivity contribution in [3.05, 3.63) is 202 Å². The summed E-state index contributed by atoms with van der Waals surface area (Å²) < 4.78 is 64.3. The second-order valence-electron chi connectivity index (χ2n) is 34.2. The molecule has 6 unspecified atom stereocenters. The molecule has 1 aliphatic carbocycles. The van der Waals surface area contributed by atoms with E-state index in [2.05, 4.69) is 55.4 Å². The molecule has 0 radical (unpaired) electrons. The molecule has 1 fully saturated rings. The van der Waals surface area contributed by atoms with Gasteiger partial charge in [-0.05, 0) is 190 Å². The Bertz CT molecular complexity index is 4650. The summed E-state index contributed by atoms with van der Waals surface area (Å²) in [5.74, 6) is 2.54. The summed E-state index contributed by atoms with van der Waals surface area (Å²) in [6, 6.07) is 47.5. The minimum Gasteiger partial charge on any atom is -0.508 e. The van der Waals surface area contributed by atoms with E-state index >= 15 is 0 Å². The van der Waals surface area contributed by atoms with Crippen molar-refractivity contribution >= 4 is 34.1 Å². The van der Waals surface area contributed by atoms with Crippen LogP contribution >= 0.6 is 0 Å². The minimum absolute atomic E-state index is 0.157. The van der Waals surface area contributed by atoms with E-state index in [4.69, 9.17) is 47.4 Å². The standard InChI is InChI=1S/C108H138N2O20/c1-15-23-27-67(19-5)63-127-93-49-73(101-77(59-113)43-71(57-111)45-97(101)123-11)31-39-87(93)109(88-40-32-74(50-94(88)128-64-68(20-6)28-24-16-2)102-78(60-114)44-72(58-112)46-98(102)124-12)81-35-37-85(91(117)53-81)105-107(119)106(108(105)120)86-38-36-82(54-92(86)118)110(89-41-33-75(51-95(89)129-65-69(21-7)29-25-17-3)103-79(61-115)47-83(121-9)55-99(103)125-13)90-42-34-76(52-96(90)130-66-70(22-8)30-26-18-4)104-80(62-116)48-84(122-10)56-100(104)126-14/h31-56,67-70,105-108,111-120H,15-30,57-66H2,1-14H3. The molecule has 0 spiro atoms. The van der Waals surface area contributed by atoms with E-state index < -0.39 is 24.0 Å². The van der Waals surface area contributed by atoms with Gasteiger partial charge in [-0.3, -0.25) is 0 Å². The van der Waals surface area contributed by atoms with Gasteiger partial charge in [-0.2, -0.15) is 0 Å². The van der Waals surface area contributed by atoms with Gasteiger partial charge in [0.15, 0.2) is 0 Å². The van der Waals surface area contributed by atoms with Crippen LogP contribution in [0.25, 0.3) is 44.5 Å². The Hall–Kier alpha value is -10.9. The van der Waals surface area contributed by atoms with Crippen LogP contribution < -0.4 is 57.2 Å². The maximum Gasteiger partial charge on any atom is 0.143 e. The van der Waals surface area contributed by atoms with E-state index in [0.717, 1.165) is 103 Å². The number of hydrogen-bond acceptors (Lipinski definition) is 22. The first kappa shape index (κ1) is 99.6. The van der Waals surface area contributed by atoms with Gasteiger partial charge in [0.1, 0.15) is 69.0 Å². The molecule has 22 nitrogen and oxygen atoms in total. The first-order valence-electron chi connectivity index (χ1n) is 46.5. The lowest BCUT2D eigenvalue weighted by molar-refractivity contribution is -0.0797. The van der Waals surface area contributed by atoms with Crippen LogP contribution in [-0.2, 0) is 39.6 Å². The number of aliphatic hydroxyl groups excluding tert-OH is 8. The Morgan fingerprint density at radius 1 is 0.292 bits per heavy atom. The zero-order valence-corrected chi connectivity index (χ0v) is 78.5. The lowest BCUT2D eigenvalue weighted by Crippen LogP contribution is -2.51. The van der Waals surface area contributed by atoms with Gasteiger partial charge >= 0.3 is 0 Å².